The van der Waals surface area contributed by atoms with Crippen LogP contribution in [0.2, 0.25) is 0 Å². The number of hydrogen-bond donors (Lipinski definition) is 1. The van der Waals surface area contributed by atoms with Crippen molar-refractivity contribution in [2.45, 2.75) is 38.8 Å². The average Bonchev–Trinajstić information content (AvgIpc) is 2.48. The lowest BCUT2D eigenvalue weighted by Gasteiger charge is -2.22. The van der Waals surface area contributed by atoms with Crippen molar-refractivity contribution in [3.8, 4) is 0 Å². The number of aldehydes is 1. The number of carbonyl (C=O) groups is 2. The molecule has 0 aliphatic heterocycles. The Morgan fingerprint density at radius 2 is 2.20 bits per heavy atom. The van der Waals surface area contributed by atoms with Crippen LogP contribution < -0.4 is 5.32 Å². The lowest BCUT2D eigenvalue weighted by Crippen LogP contribution is -2.41. The summed E-state index contributed by atoms with van der Waals surface area (Å²) in [4.78, 5) is 22.0. The van der Waals surface area contributed by atoms with Gasteiger partial charge in [-0.05, 0) is 27.2 Å². The minimum absolute atomic E-state index is 0.155. The highest BCUT2D eigenvalue weighted by molar-refractivity contribution is 5.70. The number of amides is 1. The van der Waals surface area contributed by atoms with Crippen LogP contribution in [-0.2, 0) is 9.53 Å². The van der Waals surface area contributed by atoms with Crippen molar-refractivity contribution in [2.75, 3.05) is 0 Å². The number of nitrogens with one attached hydrogen (secondary N) is 1. The SMILES string of the molecule is CC(C)(C)OC(=O)N[C@@H]1C=CC[C@H]1C=O. The molecule has 0 heterocycles. The summed E-state index contributed by atoms with van der Waals surface area (Å²) in [5, 5.41) is 2.66. The molecule has 0 aromatic rings. The molecule has 0 unspecified atom stereocenters. The second-order valence-electron chi connectivity index (χ2n) is 4.64. The maximum atomic E-state index is 11.4. The minimum Gasteiger partial charge on any atom is -0.444 e. The van der Waals surface area contributed by atoms with Gasteiger partial charge in [-0.1, -0.05) is 12.2 Å². The Kier molecular flexibility index (Phi) is 3.50. The molecule has 2 atom stereocenters. The van der Waals surface area contributed by atoms with E-state index in [-0.39, 0.29) is 12.0 Å². The minimum atomic E-state index is -0.511. The van der Waals surface area contributed by atoms with Gasteiger partial charge in [0.25, 0.3) is 0 Å². The molecule has 15 heavy (non-hydrogen) atoms. The molecule has 0 saturated carbocycles. The highest BCUT2D eigenvalue weighted by Gasteiger charge is 2.25. The van der Waals surface area contributed by atoms with Gasteiger partial charge in [0.1, 0.15) is 11.9 Å². The smallest absolute Gasteiger partial charge is 0.408 e. The molecule has 1 rings (SSSR count). The molecule has 84 valence electrons. The summed E-state index contributed by atoms with van der Waals surface area (Å²) in [6, 6.07) is -0.225. The van der Waals surface area contributed by atoms with Gasteiger partial charge in [-0.3, -0.25) is 0 Å². The van der Waals surface area contributed by atoms with Crippen molar-refractivity contribution in [3.63, 3.8) is 0 Å². The van der Waals surface area contributed by atoms with E-state index in [1.165, 1.54) is 0 Å². The first-order valence-electron chi connectivity index (χ1n) is 5.04. The summed E-state index contributed by atoms with van der Waals surface area (Å²) >= 11 is 0. The van der Waals surface area contributed by atoms with Crippen LogP contribution in [0.1, 0.15) is 27.2 Å². The van der Waals surface area contributed by atoms with E-state index in [1.807, 2.05) is 12.2 Å². The van der Waals surface area contributed by atoms with Crippen molar-refractivity contribution in [2.24, 2.45) is 5.92 Å². The van der Waals surface area contributed by atoms with Gasteiger partial charge < -0.3 is 14.8 Å². The van der Waals surface area contributed by atoms with Crippen LogP contribution in [0.3, 0.4) is 0 Å². The van der Waals surface area contributed by atoms with Gasteiger partial charge in [0, 0.05) is 5.92 Å². The third-order valence-electron chi connectivity index (χ3n) is 2.07. The van der Waals surface area contributed by atoms with Crippen molar-refractivity contribution >= 4 is 12.4 Å². The predicted octanol–water partition coefficient (Wildman–Crippen LogP) is 1.65. The standard InChI is InChI=1S/C11H17NO3/c1-11(2,3)15-10(14)12-9-6-4-5-8(9)7-13/h4,6-9H,5H2,1-3H3,(H,12,14)/t8-,9+/m0/s1. The molecule has 4 nitrogen and oxygen atoms in total. The summed E-state index contributed by atoms with van der Waals surface area (Å²) in [5.74, 6) is -0.155. The van der Waals surface area contributed by atoms with E-state index in [4.69, 9.17) is 4.74 Å². The quantitative estimate of drug-likeness (QED) is 0.558. The fourth-order valence-corrected chi connectivity index (χ4v) is 1.41. The maximum Gasteiger partial charge on any atom is 0.408 e. The monoisotopic (exact) mass is 211 g/mol. The fraction of sp³-hybridized carbons (Fsp3) is 0.636. The summed E-state index contributed by atoms with van der Waals surface area (Å²) in [5.41, 5.74) is -0.511. The molecular formula is C11H17NO3. The second kappa shape index (κ2) is 4.47. The Balaban J connectivity index is 2.44. The molecule has 0 radical (unpaired) electrons. The third kappa shape index (κ3) is 3.73. The molecule has 1 N–H and O–H groups in total. The fourth-order valence-electron chi connectivity index (χ4n) is 1.41. The Bertz CT molecular complexity index is 278. The van der Waals surface area contributed by atoms with Gasteiger partial charge in [-0.25, -0.2) is 4.79 Å². The van der Waals surface area contributed by atoms with E-state index in [0.29, 0.717) is 6.42 Å². The van der Waals surface area contributed by atoms with E-state index in [0.717, 1.165) is 6.29 Å². The molecule has 0 bridgehead atoms. The third-order valence-corrected chi connectivity index (χ3v) is 2.07. The Hall–Kier alpha value is -1.32. The first-order valence-corrected chi connectivity index (χ1v) is 5.04. The zero-order valence-corrected chi connectivity index (χ0v) is 9.32. The Labute approximate surface area is 89.7 Å². The van der Waals surface area contributed by atoms with Crippen LogP contribution in [-0.4, -0.2) is 24.0 Å². The van der Waals surface area contributed by atoms with Crippen LogP contribution in [0.15, 0.2) is 12.2 Å². The molecule has 4 heteroatoms. The number of rotatable bonds is 2. The zero-order valence-electron chi connectivity index (χ0n) is 9.32. The van der Waals surface area contributed by atoms with E-state index in [1.54, 1.807) is 20.8 Å². The van der Waals surface area contributed by atoms with Gasteiger partial charge in [0.2, 0.25) is 0 Å². The molecule has 0 spiro atoms. The highest BCUT2D eigenvalue weighted by atomic mass is 16.6. The molecule has 1 aliphatic carbocycles. The summed E-state index contributed by atoms with van der Waals surface area (Å²) in [6.07, 6.45) is 4.78. The van der Waals surface area contributed by atoms with Crippen LogP contribution in [0.25, 0.3) is 0 Å². The van der Waals surface area contributed by atoms with Crippen molar-refractivity contribution in [3.05, 3.63) is 12.2 Å². The number of alkyl carbamates (subject to hydrolysis) is 1. The number of hydrogen-bond acceptors (Lipinski definition) is 3. The Morgan fingerprint density at radius 3 is 2.73 bits per heavy atom. The van der Waals surface area contributed by atoms with Crippen LogP contribution in [0.5, 0.6) is 0 Å². The van der Waals surface area contributed by atoms with Gasteiger partial charge in [-0.2, -0.15) is 0 Å². The van der Waals surface area contributed by atoms with Crippen molar-refractivity contribution in [1.29, 1.82) is 0 Å². The van der Waals surface area contributed by atoms with E-state index >= 15 is 0 Å². The first-order chi connectivity index (χ1) is 6.92. The summed E-state index contributed by atoms with van der Waals surface area (Å²) < 4.78 is 5.09. The number of allylic oxidation sites excluding steroid dienone is 1. The molecular weight excluding hydrogens is 194 g/mol. The Morgan fingerprint density at radius 1 is 1.53 bits per heavy atom. The first kappa shape index (κ1) is 11.8. The molecule has 1 aliphatic rings. The van der Waals surface area contributed by atoms with E-state index < -0.39 is 11.7 Å². The number of carbonyl (C=O) groups excluding carboxylic acids is 2. The normalized spacial score (nSPS) is 25.0. The highest BCUT2D eigenvalue weighted by Crippen LogP contribution is 2.17. The van der Waals surface area contributed by atoms with Gasteiger partial charge >= 0.3 is 6.09 Å². The molecule has 0 fully saturated rings. The van der Waals surface area contributed by atoms with Crippen molar-refractivity contribution in [1.82, 2.24) is 5.32 Å². The molecule has 0 aromatic heterocycles. The topological polar surface area (TPSA) is 55.4 Å². The average molecular weight is 211 g/mol. The summed E-state index contributed by atoms with van der Waals surface area (Å²) in [6.45, 7) is 5.40. The van der Waals surface area contributed by atoms with Gasteiger partial charge in [0.15, 0.2) is 0 Å². The van der Waals surface area contributed by atoms with Gasteiger partial charge in [-0.15, -0.1) is 0 Å². The van der Waals surface area contributed by atoms with E-state index in [2.05, 4.69) is 5.32 Å². The van der Waals surface area contributed by atoms with Gasteiger partial charge in [0.05, 0.1) is 6.04 Å². The van der Waals surface area contributed by atoms with Crippen LogP contribution in [0.4, 0.5) is 4.79 Å². The largest absolute Gasteiger partial charge is 0.444 e. The molecule has 0 saturated heterocycles. The lowest BCUT2D eigenvalue weighted by atomic mass is 10.1. The number of ether oxygens (including phenoxy) is 1. The van der Waals surface area contributed by atoms with Crippen molar-refractivity contribution < 1.29 is 14.3 Å². The van der Waals surface area contributed by atoms with E-state index in [9.17, 15) is 9.59 Å². The lowest BCUT2D eigenvalue weighted by molar-refractivity contribution is -0.111. The molecule has 0 aromatic carbocycles. The second-order valence-corrected chi connectivity index (χ2v) is 4.64. The predicted molar refractivity (Wildman–Crippen MR) is 56.5 cm³/mol. The van der Waals surface area contributed by atoms with Crippen LogP contribution in [0, 0.1) is 5.92 Å². The maximum absolute atomic E-state index is 11.4. The summed E-state index contributed by atoms with van der Waals surface area (Å²) in [7, 11) is 0. The molecule has 1 amide bonds. The zero-order chi connectivity index (χ0) is 11.5. The van der Waals surface area contributed by atoms with Crippen LogP contribution >= 0.6 is 0 Å².